The number of alkyl halides is 3. The van der Waals surface area contributed by atoms with Gasteiger partial charge in [0, 0.05) is 0 Å². The number of halogens is 3. The molecule has 0 radical (unpaired) electrons. The minimum Gasteiger partial charge on any atom is -0.319 e. The van der Waals surface area contributed by atoms with E-state index in [9.17, 15) is 13.2 Å². The number of nitrogens with two attached hydrogens (primary N) is 1. The summed E-state index contributed by atoms with van der Waals surface area (Å²) < 4.78 is 40.5. The van der Waals surface area contributed by atoms with Gasteiger partial charge in [-0.3, -0.25) is 4.40 Å². The van der Waals surface area contributed by atoms with Crippen molar-refractivity contribution in [1.82, 2.24) is 9.38 Å². The molecule has 2 aromatic rings. The molecule has 1 fully saturated rings. The zero-order chi connectivity index (χ0) is 13.7. The van der Waals surface area contributed by atoms with Crippen molar-refractivity contribution in [3.63, 3.8) is 0 Å². The van der Waals surface area contributed by atoms with Crippen molar-refractivity contribution in [1.29, 1.82) is 0 Å². The highest BCUT2D eigenvalue weighted by molar-refractivity contribution is 5.49. The van der Waals surface area contributed by atoms with E-state index in [1.54, 1.807) is 6.07 Å². The van der Waals surface area contributed by atoms with Gasteiger partial charge in [0.2, 0.25) is 0 Å². The Morgan fingerprint density at radius 2 is 1.89 bits per heavy atom. The molecule has 0 aliphatic heterocycles. The monoisotopic (exact) mass is 269 g/mol. The van der Waals surface area contributed by atoms with Crippen LogP contribution in [-0.4, -0.2) is 9.38 Å². The summed E-state index contributed by atoms with van der Waals surface area (Å²) in [5.41, 5.74) is 5.23. The number of hydrogen-bond donors (Lipinski definition) is 1. The average molecular weight is 269 g/mol. The molecule has 2 heterocycles. The van der Waals surface area contributed by atoms with E-state index in [1.165, 1.54) is 12.3 Å². The standard InChI is InChI=1S/C13H14F3N3/c14-13(15,16)10-5-3-4-9-8-18-11(19(9)10)12(17)6-1-2-7-12/h3-5,8H,1-2,6-7,17H2. The summed E-state index contributed by atoms with van der Waals surface area (Å²) in [5.74, 6) is 0.327. The van der Waals surface area contributed by atoms with Crippen LogP contribution in [0.4, 0.5) is 13.2 Å². The van der Waals surface area contributed by atoms with Gasteiger partial charge in [-0.25, -0.2) is 4.98 Å². The molecule has 0 aromatic carbocycles. The van der Waals surface area contributed by atoms with E-state index >= 15 is 0 Å². The van der Waals surface area contributed by atoms with Gasteiger partial charge in [0.05, 0.1) is 17.3 Å². The highest BCUT2D eigenvalue weighted by Gasteiger charge is 2.39. The highest BCUT2D eigenvalue weighted by Crippen LogP contribution is 2.38. The molecule has 1 aliphatic carbocycles. The summed E-state index contributed by atoms with van der Waals surface area (Å²) in [6.45, 7) is 0. The Labute approximate surface area is 108 Å². The Bertz CT molecular complexity index is 609. The molecule has 3 rings (SSSR count). The van der Waals surface area contributed by atoms with Gasteiger partial charge in [-0.05, 0) is 25.0 Å². The minimum absolute atomic E-state index is 0.327. The van der Waals surface area contributed by atoms with Gasteiger partial charge in [-0.15, -0.1) is 0 Å². The van der Waals surface area contributed by atoms with Crippen LogP contribution in [0.15, 0.2) is 24.4 Å². The average Bonchev–Trinajstić information content (AvgIpc) is 2.93. The van der Waals surface area contributed by atoms with E-state index in [2.05, 4.69) is 4.98 Å². The van der Waals surface area contributed by atoms with Gasteiger partial charge in [-0.1, -0.05) is 18.9 Å². The molecule has 2 aromatic heterocycles. The maximum atomic E-state index is 13.1. The van der Waals surface area contributed by atoms with Gasteiger partial charge in [0.15, 0.2) is 0 Å². The lowest BCUT2D eigenvalue weighted by Crippen LogP contribution is -2.36. The van der Waals surface area contributed by atoms with Crippen LogP contribution in [0.25, 0.3) is 5.52 Å². The van der Waals surface area contributed by atoms with E-state index in [0.29, 0.717) is 24.2 Å². The molecule has 3 nitrogen and oxygen atoms in total. The maximum absolute atomic E-state index is 13.1. The zero-order valence-corrected chi connectivity index (χ0v) is 10.2. The maximum Gasteiger partial charge on any atom is 0.431 e. The largest absolute Gasteiger partial charge is 0.431 e. The van der Waals surface area contributed by atoms with Crippen LogP contribution >= 0.6 is 0 Å². The highest BCUT2D eigenvalue weighted by atomic mass is 19.4. The normalized spacial score (nSPS) is 19.2. The van der Waals surface area contributed by atoms with Crippen molar-refractivity contribution in [2.75, 3.05) is 0 Å². The summed E-state index contributed by atoms with van der Waals surface area (Å²) in [5, 5.41) is 0. The molecule has 0 unspecified atom stereocenters. The molecule has 0 spiro atoms. The molecule has 0 amide bonds. The van der Waals surface area contributed by atoms with Crippen molar-refractivity contribution in [3.05, 3.63) is 35.9 Å². The first-order valence-corrected chi connectivity index (χ1v) is 6.25. The van der Waals surface area contributed by atoms with Gasteiger partial charge in [0.25, 0.3) is 0 Å². The Balaban J connectivity index is 2.27. The summed E-state index contributed by atoms with van der Waals surface area (Å²) >= 11 is 0. The number of pyridine rings is 1. The van der Waals surface area contributed by atoms with Crippen molar-refractivity contribution >= 4 is 5.52 Å². The Kier molecular flexibility index (Phi) is 2.60. The number of fused-ring (bicyclic) bond motifs is 1. The third-order valence-electron chi connectivity index (χ3n) is 3.78. The first-order chi connectivity index (χ1) is 8.92. The smallest absolute Gasteiger partial charge is 0.319 e. The lowest BCUT2D eigenvalue weighted by Gasteiger charge is -2.23. The predicted octanol–water partition coefficient (Wildman–Crippen LogP) is 3.08. The van der Waals surface area contributed by atoms with Crippen LogP contribution in [0.3, 0.4) is 0 Å². The molecule has 6 heteroatoms. The topological polar surface area (TPSA) is 43.3 Å². The van der Waals surface area contributed by atoms with Crippen LogP contribution in [-0.2, 0) is 11.7 Å². The van der Waals surface area contributed by atoms with Gasteiger partial charge >= 0.3 is 6.18 Å². The van der Waals surface area contributed by atoms with Gasteiger partial charge in [-0.2, -0.15) is 13.2 Å². The first-order valence-electron chi connectivity index (χ1n) is 6.25. The second-order valence-corrected chi connectivity index (χ2v) is 5.11. The number of rotatable bonds is 1. The van der Waals surface area contributed by atoms with Crippen LogP contribution in [0, 0.1) is 0 Å². The van der Waals surface area contributed by atoms with Gasteiger partial charge in [0.1, 0.15) is 11.5 Å². The van der Waals surface area contributed by atoms with Crippen LogP contribution < -0.4 is 5.73 Å². The zero-order valence-electron chi connectivity index (χ0n) is 10.2. The van der Waals surface area contributed by atoms with E-state index in [0.717, 1.165) is 23.3 Å². The number of imidazole rings is 1. The number of aromatic nitrogens is 2. The molecule has 1 saturated carbocycles. The molecule has 2 N–H and O–H groups in total. The molecule has 0 atom stereocenters. The first kappa shape index (κ1) is 12.5. The van der Waals surface area contributed by atoms with E-state index < -0.39 is 17.4 Å². The van der Waals surface area contributed by atoms with Crippen LogP contribution in [0.1, 0.15) is 37.2 Å². The Morgan fingerprint density at radius 1 is 1.21 bits per heavy atom. The van der Waals surface area contributed by atoms with Crippen molar-refractivity contribution in [2.24, 2.45) is 5.73 Å². The molecule has 1 aliphatic rings. The SMILES string of the molecule is NC1(c2ncc3cccc(C(F)(F)F)n23)CCCC1. The summed E-state index contributed by atoms with van der Waals surface area (Å²) in [7, 11) is 0. The quantitative estimate of drug-likeness (QED) is 0.864. The van der Waals surface area contributed by atoms with E-state index in [4.69, 9.17) is 5.73 Å². The fraction of sp³-hybridized carbons (Fsp3) is 0.462. The van der Waals surface area contributed by atoms with E-state index in [1.807, 2.05) is 0 Å². The predicted molar refractivity (Wildman–Crippen MR) is 64.5 cm³/mol. The fourth-order valence-electron chi connectivity index (χ4n) is 2.85. The molecule has 19 heavy (non-hydrogen) atoms. The summed E-state index contributed by atoms with van der Waals surface area (Å²) in [4.78, 5) is 4.16. The fourth-order valence-corrected chi connectivity index (χ4v) is 2.85. The minimum atomic E-state index is -4.41. The van der Waals surface area contributed by atoms with E-state index in [-0.39, 0.29) is 0 Å². The lowest BCUT2D eigenvalue weighted by atomic mass is 9.98. The second-order valence-electron chi connectivity index (χ2n) is 5.11. The third-order valence-corrected chi connectivity index (χ3v) is 3.78. The third kappa shape index (κ3) is 1.90. The molecule has 0 saturated heterocycles. The molecule has 102 valence electrons. The van der Waals surface area contributed by atoms with Crippen LogP contribution in [0.2, 0.25) is 0 Å². The van der Waals surface area contributed by atoms with Crippen molar-refractivity contribution in [3.8, 4) is 0 Å². The van der Waals surface area contributed by atoms with Crippen molar-refractivity contribution < 1.29 is 13.2 Å². The Hall–Kier alpha value is -1.56. The number of hydrogen-bond acceptors (Lipinski definition) is 2. The molecular formula is C13H14F3N3. The molecular weight excluding hydrogens is 255 g/mol. The Morgan fingerprint density at radius 3 is 2.53 bits per heavy atom. The number of nitrogens with zero attached hydrogens (tertiary/aromatic N) is 2. The van der Waals surface area contributed by atoms with Crippen LogP contribution in [0.5, 0.6) is 0 Å². The van der Waals surface area contributed by atoms with Crippen molar-refractivity contribution in [2.45, 2.75) is 37.4 Å². The van der Waals surface area contributed by atoms with Gasteiger partial charge < -0.3 is 5.73 Å². The summed E-state index contributed by atoms with van der Waals surface area (Å²) in [6, 6.07) is 4.07. The lowest BCUT2D eigenvalue weighted by molar-refractivity contribution is -0.142. The molecule has 0 bridgehead atoms. The second kappa shape index (κ2) is 3.96. The summed E-state index contributed by atoms with van der Waals surface area (Å²) in [6.07, 6.45) is 0.261.